The van der Waals surface area contributed by atoms with Crippen LogP contribution in [-0.4, -0.2) is 14.0 Å². The summed E-state index contributed by atoms with van der Waals surface area (Å²) in [7, 11) is -3.53. The largest absolute Gasteiger partial charge is 0.488 e. The Morgan fingerprint density at radius 1 is 0.769 bits per heavy atom. The van der Waals surface area contributed by atoms with Crippen LogP contribution in [-0.2, 0) is 15.3 Å². The molecule has 142 valence electrons. The van der Waals surface area contributed by atoms with E-state index < -0.39 is 9.84 Å². The fourth-order valence-corrected chi connectivity index (χ4v) is 4.13. The van der Waals surface area contributed by atoms with Crippen LogP contribution >= 0.6 is 0 Å². The predicted octanol–water partition coefficient (Wildman–Crippen LogP) is 5.77. The highest BCUT2D eigenvalue weighted by atomic mass is 32.2. The number of sulfone groups is 1. The van der Waals surface area contributed by atoms with Crippen LogP contribution in [0.4, 0.5) is 0 Å². The first kappa shape index (κ1) is 20.5. The molecule has 0 aliphatic heterocycles. The van der Waals surface area contributed by atoms with E-state index in [-0.39, 0.29) is 15.9 Å². The maximum Gasteiger partial charge on any atom is 0.206 e. The van der Waals surface area contributed by atoms with Crippen molar-refractivity contribution < 1.29 is 13.2 Å². The van der Waals surface area contributed by atoms with Gasteiger partial charge >= 0.3 is 0 Å². The third-order valence-electron chi connectivity index (χ3n) is 4.98. The Kier molecular flexibility index (Phi) is 5.86. The maximum absolute atomic E-state index is 12.9. The van der Waals surface area contributed by atoms with Crippen molar-refractivity contribution in [2.45, 2.75) is 75.2 Å². The molecule has 0 saturated carbocycles. The van der Waals surface area contributed by atoms with Gasteiger partial charge in [0.05, 0.1) is 9.79 Å². The summed E-state index contributed by atoms with van der Waals surface area (Å²) in [6.45, 7) is 12.4. The Morgan fingerprint density at radius 2 is 1.19 bits per heavy atom. The summed E-state index contributed by atoms with van der Waals surface area (Å²) in [5.41, 5.74) is 0.936. The van der Waals surface area contributed by atoms with E-state index in [2.05, 4.69) is 20.8 Å². The van der Waals surface area contributed by atoms with Crippen molar-refractivity contribution in [1.82, 2.24) is 0 Å². The summed E-state index contributed by atoms with van der Waals surface area (Å²) in [5, 5.41) is 0. The van der Waals surface area contributed by atoms with Crippen LogP contribution in [0.25, 0.3) is 0 Å². The zero-order valence-electron chi connectivity index (χ0n) is 16.7. The summed E-state index contributed by atoms with van der Waals surface area (Å²) in [6.07, 6.45) is 2.04. The number of rotatable bonds is 6. The van der Waals surface area contributed by atoms with Crippen molar-refractivity contribution in [3.8, 4) is 5.75 Å². The second-order valence-electron chi connectivity index (χ2n) is 7.98. The highest BCUT2D eigenvalue weighted by Crippen LogP contribution is 2.32. The molecule has 26 heavy (non-hydrogen) atoms. The molecule has 0 amide bonds. The standard InChI is InChI=1S/C22H30O3S/c1-7-22(6,8-2)17-9-13-19(14-10-17)26(23,24)20-15-11-18(12-16-20)25-21(3,4)5/h9-16H,7-8H2,1-6H3. The molecule has 0 spiro atoms. The Balaban J connectivity index is 2.30. The minimum absolute atomic E-state index is 0.0776. The van der Waals surface area contributed by atoms with Crippen LogP contribution in [0.5, 0.6) is 5.75 Å². The molecule has 0 aliphatic rings. The lowest BCUT2D eigenvalue weighted by Gasteiger charge is -2.27. The molecule has 3 nitrogen and oxygen atoms in total. The molecule has 0 radical (unpaired) electrons. The fourth-order valence-electron chi connectivity index (χ4n) is 2.87. The van der Waals surface area contributed by atoms with E-state index in [1.54, 1.807) is 36.4 Å². The molecule has 0 N–H and O–H groups in total. The van der Waals surface area contributed by atoms with Crippen molar-refractivity contribution >= 4 is 9.84 Å². The number of benzene rings is 2. The van der Waals surface area contributed by atoms with Crippen LogP contribution in [0, 0.1) is 0 Å². The van der Waals surface area contributed by atoms with E-state index in [1.807, 2.05) is 32.9 Å². The van der Waals surface area contributed by atoms with Gasteiger partial charge in [-0.2, -0.15) is 0 Å². The lowest BCUT2D eigenvalue weighted by Crippen LogP contribution is -2.22. The molecular formula is C22H30O3S. The van der Waals surface area contributed by atoms with E-state index in [1.165, 1.54) is 5.56 Å². The summed E-state index contributed by atoms with van der Waals surface area (Å²) in [5.74, 6) is 0.661. The molecule has 0 atom stereocenters. The predicted molar refractivity (Wildman–Crippen MR) is 107 cm³/mol. The first-order chi connectivity index (χ1) is 12.0. The molecule has 4 heteroatoms. The summed E-state index contributed by atoms with van der Waals surface area (Å²) in [4.78, 5) is 0.598. The van der Waals surface area contributed by atoms with Gasteiger partial charge in [-0.15, -0.1) is 0 Å². The van der Waals surface area contributed by atoms with E-state index in [9.17, 15) is 8.42 Å². The Bertz CT molecular complexity index is 822. The highest BCUT2D eigenvalue weighted by molar-refractivity contribution is 7.91. The van der Waals surface area contributed by atoms with Gasteiger partial charge in [0.25, 0.3) is 0 Å². The fraction of sp³-hybridized carbons (Fsp3) is 0.455. The van der Waals surface area contributed by atoms with Gasteiger partial charge in [0.15, 0.2) is 0 Å². The van der Waals surface area contributed by atoms with E-state index in [0.717, 1.165) is 12.8 Å². The molecule has 2 aromatic carbocycles. The summed E-state index contributed by atoms with van der Waals surface area (Å²) >= 11 is 0. The molecule has 2 aromatic rings. The van der Waals surface area contributed by atoms with Gasteiger partial charge in [0.2, 0.25) is 9.84 Å². The lowest BCUT2D eigenvalue weighted by atomic mass is 9.78. The van der Waals surface area contributed by atoms with Gasteiger partial charge in [-0.1, -0.05) is 32.9 Å². The lowest BCUT2D eigenvalue weighted by molar-refractivity contribution is 0.131. The van der Waals surface area contributed by atoms with Crippen LogP contribution in [0.3, 0.4) is 0 Å². The normalized spacial score (nSPS) is 12.8. The monoisotopic (exact) mass is 374 g/mol. The molecule has 0 saturated heterocycles. The average molecular weight is 375 g/mol. The SMILES string of the molecule is CCC(C)(CC)c1ccc(S(=O)(=O)c2ccc(OC(C)(C)C)cc2)cc1. The minimum atomic E-state index is -3.53. The van der Waals surface area contributed by atoms with Gasteiger partial charge in [-0.3, -0.25) is 0 Å². The van der Waals surface area contributed by atoms with Crippen LogP contribution < -0.4 is 4.74 Å². The van der Waals surface area contributed by atoms with E-state index in [0.29, 0.717) is 10.6 Å². The molecule has 2 rings (SSSR count). The summed E-state index contributed by atoms with van der Waals surface area (Å²) in [6, 6.07) is 13.9. The van der Waals surface area contributed by atoms with Crippen LogP contribution in [0.1, 0.15) is 59.9 Å². The van der Waals surface area contributed by atoms with Gasteiger partial charge in [0, 0.05) is 0 Å². The molecule has 0 fully saturated rings. The Hall–Kier alpha value is -1.81. The van der Waals surface area contributed by atoms with Gasteiger partial charge in [0.1, 0.15) is 11.4 Å². The van der Waals surface area contributed by atoms with Crippen molar-refractivity contribution in [3.05, 3.63) is 54.1 Å². The first-order valence-corrected chi connectivity index (χ1v) is 10.6. The topological polar surface area (TPSA) is 43.4 Å². The quantitative estimate of drug-likeness (QED) is 0.644. The molecular weight excluding hydrogens is 344 g/mol. The van der Waals surface area contributed by atoms with Gasteiger partial charge in [-0.25, -0.2) is 8.42 Å². The van der Waals surface area contributed by atoms with E-state index >= 15 is 0 Å². The molecule has 0 aliphatic carbocycles. The summed E-state index contributed by atoms with van der Waals surface area (Å²) < 4.78 is 31.5. The Labute approximate surface area is 158 Å². The zero-order chi connectivity index (χ0) is 19.6. The first-order valence-electron chi connectivity index (χ1n) is 9.16. The molecule has 0 bridgehead atoms. The van der Waals surface area contributed by atoms with Crippen LogP contribution in [0.2, 0.25) is 0 Å². The molecule has 0 heterocycles. The maximum atomic E-state index is 12.9. The highest BCUT2D eigenvalue weighted by Gasteiger charge is 2.24. The number of hydrogen-bond acceptors (Lipinski definition) is 3. The second-order valence-corrected chi connectivity index (χ2v) is 9.93. The van der Waals surface area contributed by atoms with Crippen molar-refractivity contribution in [3.63, 3.8) is 0 Å². The minimum Gasteiger partial charge on any atom is -0.488 e. The van der Waals surface area contributed by atoms with Crippen molar-refractivity contribution in [2.75, 3.05) is 0 Å². The van der Waals surface area contributed by atoms with Crippen molar-refractivity contribution in [1.29, 1.82) is 0 Å². The zero-order valence-corrected chi connectivity index (χ0v) is 17.5. The number of ether oxygens (including phenoxy) is 1. The third-order valence-corrected chi connectivity index (χ3v) is 6.77. The Morgan fingerprint density at radius 3 is 1.58 bits per heavy atom. The molecule has 0 aromatic heterocycles. The van der Waals surface area contributed by atoms with Crippen LogP contribution in [0.15, 0.2) is 58.3 Å². The second kappa shape index (κ2) is 7.43. The van der Waals surface area contributed by atoms with Gasteiger partial charge in [-0.05, 0) is 81.0 Å². The third kappa shape index (κ3) is 4.47. The van der Waals surface area contributed by atoms with E-state index in [4.69, 9.17) is 4.74 Å². The molecule has 0 unspecified atom stereocenters. The number of hydrogen-bond donors (Lipinski definition) is 0. The average Bonchev–Trinajstić information content (AvgIpc) is 2.60. The van der Waals surface area contributed by atoms with Crippen molar-refractivity contribution in [2.24, 2.45) is 0 Å². The smallest absolute Gasteiger partial charge is 0.206 e. The van der Waals surface area contributed by atoms with Gasteiger partial charge < -0.3 is 4.74 Å².